The van der Waals surface area contributed by atoms with Gasteiger partial charge in [-0.1, -0.05) is 0 Å². The van der Waals surface area contributed by atoms with Crippen LogP contribution in [-0.4, -0.2) is 29.8 Å². The highest BCUT2D eigenvalue weighted by atomic mass is 19.4. The molecule has 2 aromatic rings. The fourth-order valence-corrected chi connectivity index (χ4v) is 1.72. The minimum Gasteiger partial charge on any atom is -0.406 e. The van der Waals surface area contributed by atoms with E-state index in [1.165, 1.54) is 18.3 Å². The molecule has 25 heavy (non-hydrogen) atoms. The second-order valence-electron chi connectivity index (χ2n) is 4.69. The Kier molecular flexibility index (Phi) is 5.77. The van der Waals surface area contributed by atoms with Gasteiger partial charge in [-0.3, -0.25) is 9.78 Å². The first-order chi connectivity index (χ1) is 11.8. The molecule has 132 valence electrons. The number of carbonyl (C=O) groups excluding carboxylic acids is 1. The summed E-state index contributed by atoms with van der Waals surface area (Å²) in [6, 6.07) is 8.25. The zero-order valence-electron chi connectivity index (χ0n) is 12.7. The molecule has 1 amide bonds. The summed E-state index contributed by atoms with van der Waals surface area (Å²) in [7, 11) is 0. The average molecular weight is 353 g/mol. The molecule has 0 radical (unpaired) electrons. The Morgan fingerprint density at radius 2 is 1.88 bits per heavy atom. The lowest BCUT2D eigenvalue weighted by Crippen LogP contribution is -2.25. The standard InChI is InChI=1S/C15H14F3N5O2/c16-15(17,18)25-12-5-3-10(4-6-12)23-14(19)21-9-13(24)22-11-2-1-7-20-8-11/h1-8H,9H2,(H,22,24)(H3,19,21,23). The van der Waals surface area contributed by atoms with E-state index in [1.54, 1.807) is 18.3 Å². The quantitative estimate of drug-likeness (QED) is 0.566. The fraction of sp³-hybridized carbons (Fsp3) is 0.133. The summed E-state index contributed by atoms with van der Waals surface area (Å²) in [6.07, 6.45) is -1.70. The lowest BCUT2D eigenvalue weighted by molar-refractivity contribution is -0.274. The van der Waals surface area contributed by atoms with Crippen LogP contribution in [0.25, 0.3) is 0 Å². The number of nitrogens with two attached hydrogens (primary N) is 1. The predicted molar refractivity (Wildman–Crippen MR) is 86.1 cm³/mol. The van der Waals surface area contributed by atoms with Crippen molar-refractivity contribution in [3.05, 3.63) is 48.8 Å². The van der Waals surface area contributed by atoms with Crippen LogP contribution in [0.1, 0.15) is 0 Å². The number of alkyl halides is 3. The summed E-state index contributed by atoms with van der Waals surface area (Å²) in [5.41, 5.74) is 6.54. The third-order valence-corrected chi connectivity index (χ3v) is 2.70. The van der Waals surface area contributed by atoms with Gasteiger partial charge in [0.25, 0.3) is 0 Å². The number of pyridine rings is 1. The minimum atomic E-state index is -4.75. The predicted octanol–water partition coefficient (Wildman–Crippen LogP) is 2.35. The Hall–Kier alpha value is -3.30. The molecule has 1 heterocycles. The van der Waals surface area contributed by atoms with Gasteiger partial charge in [-0.15, -0.1) is 13.2 Å². The molecule has 0 fully saturated rings. The SMILES string of the molecule is NC(=NCC(=O)Nc1cccnc1)Nc1ccc(OC(F)(F)F)cc1. The average Bonchev–Trinajstić information content (AvgIpc) is 2.54. The molecule has 0 atom stereocenters. The Labute approximate surface area is 140 Å². The minimum absolute atomic E-state index is 0.0640. The van der Waals surface area contributed by atoms with Crippen molar-refractivity contribution >= 4 is 23.2 Å². The van der Waals surface area contributed by atoms with Crippen LogP contribution in [-0.2, 0) is 4.79 Å². The van der Waals surface area contributed by atoms with Gasteiger partial charge in [-0.25, -0.2) is 4.99 Å². The van der Waals surface area contributed by atoms with E-state index in [4.69, 9.17) is 5.73 Å². The topological polar surface area (TPSA) is 102 Å². The van der Waals surface area contributed by atoms with Gasteiger partial charge in [0.05, 0.1) is 11.9 Å². The number of rotatable bonds is 5. The summed E-state index contributed by atoms with van der Waals surface area (Å²) < 4.78 is 39.9. The first kappa shape index (κ1) is 18.0. The third kappa shape index (κ3) is 6.77. The van der Waals surface area contributed by atoms with Crippen molar-refractivity contribution in [2.45, 2.75) is 6.36 Å². The van der Waals surface area contributed by atoms with E-state index < -0.39 is 12.3 Å². The lowest BCUT2D eigenvalue weighted by atomic mass is 10.3. The van der Waals surface area contributed by atoms with Crippen LogP contribution in [0.4, 0.5) is 24.5 Å². The highest BCUT2D eigenvalue weighted by Gasteiger charge is 2.30. The number of benzene rings is 1. The molecule has 7 nitrogen and oxygen atoms in total. The third-order valence-electron chi connectivity index (χ3n) is 2.70. The van der Waals surface area contributed by atoms with Crippen molar-refractivity contribution < 1.29 is 22.7 Å². The van der Waals surface area contributed by atoms with Crippen LogP contribution >= 0.6 is 0 Å². The van der Waals surface area contributed by atoms with Gasteiger partial charge in [-0.2, -0.15) is 0 Å². The highest BCUT2D eigenvalue weighted by Crippen LogP contribution is 2.23. The maximum absolute atomic E-state index is 12.1. The molecule has 0 saturated heterocycles. The number of hydrogen-bond acceptors (Lipinski definition) is 4. The summed E-state index contributed by atoms with van der Waals surface area (Å²) in [4.78, 5) is 19.4. The van der Waals surface area contributed by atoms with Crippen LogP contribution < -0.4 is 21.1 Å². The molecule has 0 spiro atoms. The summed E-state index contributed by atoms with van der Waals surface area (Å²) >= 11 is 0. The maximum atomic E-state index is 12.1. The second kappa shape index (κ2) is 7.99. The molecule has 10 heteroatoms. The molecule has 1 aromatic carbocycles. The second-order valence-corrected chi connectivity index (χ2v) is 4.69. The summed E-state index contributed by atoms with van der Waals surface area (Å²) in [5.74, 6) is -0.818. The first-order valence-corrected chi connectivity index (χ1v) is 6.94. The lowest BCUT2D eigenvalue weighted by Gasteiger charge is -2.10. The number of halogens is 3. The van der Waals surface area contributed by atoms with E-state index >= 15 is 0 Å². The number of carbonyl (C=O) groups is 1. The maximum Gasteiger partial charge on any atom is 0.573 e. The number of aromatic nitrogens is 1. The molecular weight excluding hydrogens is 339 g/mol. The highest BCUT2D eigenvalue weighted by molar-refractivity contribution is 5.96. The van der Waals surface area contributed by atoms with Crippen molar-refractivity contribution in [1.82, 2.24) is 4.98 Å². The van der Waals surface area contributed by atoms with E-state index in [0.717, 1.165) is 12.1 Å². The molecule has 0 aliphatic carbocycles. The van der Waals surface area contributed by atoms with Gasteiger partial charge >= 0.3 is 6.36 Å². The van der Waals surface area contributed by atoms with E-state index in [1.807, 2.05) is 0 Å². The summed E-state index contributed by atoms with van der Waals surface area (Å²) in [5, 5.41) is 5.23. The number of guanidine groups is 1. The fourth-order valence-electron chi connectivity index (χ4n) is 1.72. The largest absolute Gasteiger partial charge is 0.573 e. The van der Waals surface area contributed by atoms with E-state index in [0.29, 0.717) is 11.4 Å². The number of ether oxygens (including phenoxy) is 1. The van der Waals surface area contributed by atoms with E-state index in [9.17, 15) is 18.0 Å². The van der Waals surface area contributed by atoms with Gasteiger partial charge in [0, 0.05) is 11.9 Å². The van der Waals surface area contributed by atoms with Crippen molar-refractivity contribution in [2.24, 2.45) is 10.7 Å². The summed E-state index contributed by atoms with van der Waals surface area (Å²) in [6.45, 7) is -0.233. The van der Waals surface area contributed by atoms with Gasteiger partial charge < -0.3 is 21.1 Å². The van der Waals surface area contributed by atoms with Crippen LogP contribution in [0.2, 0.25) is 0 Å². The smallest absolute Gasteiger partial charge is 0.406 e. The molecule has 0 aliphatic rings. The van der Waals surface area contributed by atoms with Gasteiger partial charge in [0.15, 0.2) is 5.96 Å². The van der Waals surface area contributed by atoms with Crippen LogP contribution in [0.15, 0.2) is 53.8 Å². The van der Waals surface area contributed by atoms with Crippen LogP contribution in [0, 0.1) is 0 Å². The first-order valence-electron chi connectivity index (χ1n) is 6.94. The molecule has 0 saturated carbocycles. The molecule has 0 aliphatic heterocycles. The van der Waals surface area contributed by atoms with Crippen molar-refractivity contribution in [3.63, 3.8) is 0 Å². The Bertz CT molecular complexity index is 733. The van der Waals surface area contributed by atoms with E-state index in [2.05, 4.69) is 25.3 Å². The van der Waals surface area contributed by atoms with Gasteiger partial charge in [0.2, 0.25) is 5.91 Å². The van der Waals surface area contributed by atoms with Crippen LogP contribution in [0.5, 0.6) is 5.75 Å². The van der Waals surface area contributed by atoms with Crippen molar-refractivity contribution in [3.8, 4) is 5.75 Å². The van der Waals surface area contributed by atoms with Crippen molar-refractivity contribution in [2.75, 3.05) is 17.2 Å². The number of amides is 1. The molecule has 0 unspecified atom stereocenters. The number of nitrogens with zero attached hydrogens (tertiary/aromatic N) is 2. The molecule has 4 N–H and O–H groups in total. The van der Waals surface area contributed by atoms with E-state index in [-0.39, 0.29) is 18.3 Å². The van der Waals surface area contributed by atoms with Crippen molar-refractivity contribution in [1.29, 1.82) is 0 Å². The number of aliphatic imine (C=N–C) groups is 1. The molecule has 1 aromatic heterocycles. The number of hydrogen-bond donors (Lipinski definition) is 3. The zero-order chi connectivity index (χ0) is 18.3. The van der Waals surface area contributed by atoms with Gasteiger partial charge in [-0.05, 0) is 36.4 Å². The monoisotopic (exact) mass is 353 g/mol. The zero-order valence-corrected chi connectivity index (χ0v) is 12.7. The molecular formula is C15H14F3N5O2. The van der Waals surface area contributed by atoms with Crippen LogP contribution in [0.3, 0.4) is 0 Å². The Morgan fingerprint density at radius 3 is 2.48 bits per heavy atom. The number of nitrogens with one attached hydrogen (secondary N) is 2. The number of anilines is 2. The van der Waals surface area contributed by atoms with Gasteiger partial charge in [0.1, 0.15) is 12.3 Å². The molecule has 0 bridgehead atoms. The normalized spacial score (nSPS) is 11.7. The molecule has 2 rings (SSSR count). The Balaban J connectivity index is 1.85. The Morgan fingerprint density at radius 1 is 1.16 bits per heavy atom.